The molecule has 1 nitrogen and oxygen atoms in total. The summed E-state index contributed by atoms with van der Waals surface area (Å²) in [6.07, 6.45) is 4.09. The van der Waals surface area contributed by atoms with Gasteiger partial charge in [0.15, 0.2) is 0 Å². The normalized spacial score (nSPS) is 12.2. The van der Waals surface area contributed by atoms with Crippen LogP contribution in [0.1, 0.15) is 18.1 Å². The van der Waals surface area contributed by atoms with E-state index in [2.05, 4.69) is 5.92 Å². The van der Waals surface area contributed by atoms with Crippen molar-refractivity contribution in [3.8, 4) is 12.3 Å². The first-order chi connectivity index (χ1) is 6.16. The summed E-state index contributed by atoms with van der Waals surface area (Å²) in [6.45, 7) is 0. The lowest BCUT2D eigenvalue weighted by Gasteiger charge is -2.08. The number of aliphatic hydroxyl groups is 1. The molecule has 1 atom stereocenters. The predicted octanol–water partition coefficient (Wildman–Crippen LogP) is 2.54. The maximum Gasteiger partial charge on any atom is 0.147 e. The third-order valence-corrected chi connectivity index (χ3v) is 1.94. The molecule has 0 saturated carbocycles. The lowest BCUT2D eigenvalue weighted by atomic mass is 10.1. The van der Waals surface area contributed by atoms with Gasteiger partial charge in [-0.25, -0.2) is 4.39 Å². The monoisotopic (exact) mass is 198 g/mol. The highest BCUT2D eigenvalue weighted by Crippen LogP contribution is 2.24. The molecule has 0 spiro atoms. The maximum atomic E-state index is 13.2. The van der Waals surface area contributed by atoms with Gasteiger partial charge < -0.3 is 5.11 Å². The molecule has 1 aromatic rings. The van der Waals surface area contributed by atoms with Gasteiger partial charge in [0.25, 0.3) is 0 Å². The summed E-state index contributed by atoms with van der Waals surface area (Å²) in [4.78, 5) is 0. The van der Waals surface area contributed by atoms with E-state index in [4.69, 9.17) is 18.0 Å². The SMILES string of the molecule is C#CCC(O)c1cccc(Cl)c1F. The number of hydrogen-bond donors (Lipinski definition) is 1. The molecule has 0 aliphatic heterocycles. The van der Waals surface area contributed by atoms with Crippen molar-refractivity contribution < 1.29 is 9.50 Å². The van der Waals surface area contributed by atoms with Gasteiger partial charge in [0, 0.05) is 12.0 Å². The van der Waals surface area contributed by atoms with Crippen LogP contribution in [0.3, 0.4) is 0 Å². The number of halogens is 2. The average Bonchev–Trinajstić information content (AvgIpc) is 2.10. The fourth-order valence-electron chi connectivity index (χ4n) is 0.999. The van der Waals surface area contributed by atoms with E-state index >= 15 is 0 Å². The number of benzene rings is 1. The van der Waals surface area contributed by atoms with Crippen LogP contribution in [-0.4, -0.2) is 5.11 Å². The molecule has 1 rings (SSSR count). The Morgan fingerprint density at radius 1 is 1.62 bits per heavy atom. The molecule has 0 aliphatic carbocycles. The van der Waals surface area contributed by atoms with E-state index in [9.17, 15) is 9.50 Å². The number of rotatable bonds is 2. The molecule has 1 unspecified atom stereocenters. The summed E-state index contributed by atoms with van der Waals surface area (Å²) in [5.41, 5.74) is 0.144. The maximum absolute atomic E-state index is 13.2. The Labute approximate surface area is 81.2 Å². The second kappa shape index (κ2) is 4.27. The topological polar surface area (TPSA) is 20.2 Å². The Bertz CT molecular complexity index is 343. The zero-order valence-electron chi connectivity index (χ0n) is 6.80. The Morgan fingerprint density at radius 3 is 2.92 bits per heavy atom. The average molecular weight is 199 g/mol. The van der Waals surface area contributed by atoms with Gasteiger partial charge >= 0.3 is 0 Å². The first-order valence-corrected chi connectivity index (χ1v) is 4.10. The molecule has 1 N–H and O–H groups in total. The van der Waals surface area contributed by atoms with Crippen LogP contribution in [0.15, 0.2) is 18.2 Å². The third kappa shape index (κ3) is 2.21. The molecule has 0 bridgehead atoms. The zero-order valence-corrected chi connectivity index (χ0v) is 7.55. The van der Waals surface area contributed by atoms with Gasteiger partial charge in [0.1, 0.15) is 5.82 Å². The summed E-state index contributed by atoms with van der Waals surface area (Å²) in [5.74, 6) is 1.65. The van der Waals surface area contributed by atoms with Gasteiger partial charge in [-0.3, -0.25) is 0 Å². The fourth-order valence-corrected chi connectivity index (χ4v) is 1.18. The van der Waals surface area contributed by atoms with E-state index in [1.54, 1.807) is 6.07 Å². The molecule has 0 aliphatic rings. The second-order valence-electron chi connectivity index (χ2n) is 2.57. The Hall–Kier alpha value is -1.04. The standard InChI is InChI=1S/C10H8ClFO/c1-2-4-9(13)7-5-3-6-8(11)10(7)12/h1,3,5-6,9,13H,4H2. The predicted molar refractivity (Wildman–Crippen MR) is 49.8 cm³/mol. The largest absolute Gasteiger partial charge is 0.387 e. The van der Waals surface area contributed by atoms with Gasteiger partial charge in [-0.05, 0) is 6.07 Å². The summed E-state index contributed by atoms with van der Waals surface area (Å²) in [7, 11) is 0. The number of aliphatic hydroxyl groups excluding tert-OH is 1. The van der Waals surface area contributed by atoms with Crippen LogP contribution >= 0.6 is 11.6 Å². The Kier molecular flexibility index (Phi) is 3.30. The third-order valence-electron chi connectivity index (χ3n) is 1.65. The molecule has 0 saturated heterocycles. The van der Waals surface area contributed by atoms with Gasteiger partial charge in [0.05, 0.1) is 11.1 Å². The van der Waals surface area contributed by atoms with E-state index in [0.717, 1.165) is 0 Å². The van der Waals surface area contributed by atoms with Crippen molar-refractivity contribution in [1.29, 1.82) is 0 Å². The van der Waals surface area contributed by atoms with Crippen molar-refractivity contribution in [1.82, 2.24) is 0 Å². The van der Waals surface area contributed by atoms with Gasteiger partial charge in [0.2, 0.25) is 0 Å². The molecule has 0 amide bonds. The smallest absolute Gasteiger partial charge is 0.147 e. The molecular weight excluding hydrogens is 191 g/mol. The summed E-state index contributed by atoms with van der Waals surface area (Å²) < 4.78 is 13.2. The lowest BCUT2D eigenvalue weighted by molar-refractivity contribution is 0.179. The second-order valence-corrected chi connectivity index (χ2v) is 2.97. The number of terminal acetylenes is 1. The van der Waals surface area contributed by atoms with Crippen LogP contribution in [0.25, 0.3) is 0 Å². The van der Waals surface area contributed by atoms with E-state index in [-0.39, 0.29) is 17.0 Å². The van der Waals surface area contributed by atoms with Gasteiger partial charge in [-0.2, -0.15) is 0 Å². The van der Waals surface area contributed by atoms with Gasteiger partial charge in [-0.1, -0.05) is 23.7 Å². The number of hydrogen-bond acceptors (Lipinski definition) is 1. The van der Waals surface area contributed by atoms with Crippen LogP contribution in [0, 0.1) is 18.2 Å². The molecule has 0 radical (unpaired) electrons. The lowest BCUT2D eigenvalue weighted by Crippen LogP contribution is -1.99. The van der Waals surface area contributed by atoms with Crippen molar-refractivity contribution in [3.63, 3.8) is 0 Å². The van der Waals surface area contributed by atoms with E-state index in [0.29, 0.717) is 0 Å². The van der Waals surface area contributed by atoms with Crippen LogP contribution < -0.4 is 0 Å². The van der Waals surface area contributed by atoms with Crippen molar-refractivity contribution in [2.75, 3.05) is 0 Å². The first-order valence-electron chi connectivity index (χ1n) is 3.72. The van der Waals surface area contributed by atoms with E-state index < -0.39 is 11.9 Å². The van der Waals surface area contributed by atoms with Crippen LogP contribution in [0.5, 0.6) is 0 Å². The minimum Gasteiger partial charge on any atom is -0.387 e. The Morgan fingerprint density at radius 2 is 2.31 bits per heavy atom. The van der Waals surface area contributed by atoms with Crippen LogP contribution in [0.2, 0.25) is 5.02 Å². The van der Waals surface area contributed by atoms with Crippen molar-refractivity contribution in [2.45, 2.75) is 12.5 Å². The molecule has 0 fully saturated rings. The minimum atomic E-state index is -0.983. The summed E-state index contributed by atoms with van der Waals surface area (Å²) >= 11 is 5.52. The fraction of sp³-hybridized carbons (Fsp3) is 0.200. The molecule has 0 heterocycles. The first kappa shape index (κ1) is 10.0. The van der Waals surface area contributed by atoms with Crippen LogP contribution in [-0.2, 0) is 0 Å². The molecule has 68 valence electrons. The molecule has 0 aromatic heterocycles. The van der Waals surface area contributed by atoms with E-state index in [1.807, 2.05) is 0 Å². The highest BCUT2D eigenvalue weighted by atomic mass is 35.5. The molecule has 1 aromatic carbocycles. The van der Waals surface area contributed by atoms with Crippen molar-refractivity contribution in [3.05, 3.63) is 34.6 Å². The highest BCUT2D eigenvalue weighted by molar-refractivity contribution is 6.30. The van der Waals surface area contributed by atoms with Crippen molar-refractivity contribution >= 4 is 11.6 Å². The minimum absolute atomic E-state index is 0.00595. The molecular formula is C10H8ClFO. The van der Waals surface area contributed by atoms with Crippen molar-refractivity contribution in [2.24, 2.45) is 0 Å². The van der Waals surface area contributed by atoms with Gasteiger partial charge in [-0.15, -0.1) is 12.3 Å². The highest BCUT2D eigenvalue weighted by Gasteiger charge is 2.13. The molecule has 3 heteroatoms. The molecule has 13 heavy (non-hydrogen) atoms. The summed E-state index contributed by atoms with van der Waals surface area (Å²) in [5, 5.41) is 9.38. The van der Waals surface area contributed by atoms with E-state index in [1.165, 1.54) is 12.1 Å². The van der Waals surface area contributed by atoms with Crippen LogP contribution in [0.4, 0.5) is 4.39 Å². The zero-order chi connectivity index (χ0) is 9.84. The Balaban J connectivity index is 3.02. The quantitative estimate of drug-likeness (QED) is 0.725. The summed E-state index contributed by atoms with van der Waals surface area (Å²) in [6, 6.07) is 4.45.